The van der Waals surface area contributed by atoms with Gasteiger partial charge in [0.25, 0.3) is 10.0 Å². The highest BCUT2D eigenvalue weighted by atomic mass is 35.5. The number of ether oxygens (including phenoxy) is 1. The lowest BCUT2D eigenvalue weighted by Crippen LogP contribution is -2.18. The number of sulfonamides is 1. The fourth-order valence-corrected chi connectivity index (χ4v) is 2.94. The average Bonchev–Trinajstić information content (AvgIpc) is 2.18. The molecule has 0 saturated heterocycles. The third kappa shape index (κ3) is 1.74. The molecule has 1 aliphatic heterocycles. The molecule has 0 aliphatic carbocycles. The SMILES string of the molecule is COc1cc(C)c2c(c1)S(=O)(=O)N=C(Cl)N2. The summed E-state index contributed by atoms with van der Waals surface area (Å²) in [7, 11) is -2.26. The topological polar surface area (TPSA) is 67.8 Å². The van der Waals surface area contributed by atoms with E-state index in [2.05, 4.69) is 9.71 Å². The molecule has 0 spiro atoms. The summed E-state index contributed by atoms with van der Waals surface area (Å²) in [5, 5.41) is 2.56. The number of aryl methyl sites for hydroxylation is 1. The van der Waals surface area contributed by atoms with Crippen LogP contribution < -0.4 is 10.1 Å². The van der Waals surface area contributed by atoms with Crippen molar-refractivity contribution in [2.24, 2.45) is 4.40 Å². The zero-order chi connectivity index (χ0) is 11.9. The molecule has 5 nitrogen and oxygen atoms in total. The van der Waals surface area contributed by atoms with Gasteiger partial charge in [-0.1, -0.05) is 0 Å². The van der Waals surface area contributed by atoms with Crippen LogP contribution in [0.1, 0.15) is 5.56 Å². The molecule has 0 unspecified atom stereocenters. The molecule has 7 heteroatoms. The van der Waals surface area contributed by atoms with Gasteiger partial charge in [0.15, 0.2) is 0 Å². The number of hydrogen-bond acceptors (Lipinski definition) is 4. The van der Waals surface area contributed by atoms with Gasteiger partial charge in [-0.15, -0.1) is 4.40 Å². The Morgan fingerprint density at radius 3 is 2.75 bits per heavy atom. The lowest BCUT2D eigenvalue weighted by Gasteiger charge is -2.17. The minimum atomic E-state index is -3.73. The Morgan fingerprint density at radius 2 is 2.12 bits per heavy atom. The van der Waals surface area contributed by atoms with Crippen molar-refractivity contribution in [3.63, 3.8) is 0 Å². The summed E-state index contributed by atoms with van der Waals surface area (Å²) < 4.78 is 31.8. The molecule has 1 aromatic carbocycles. The van der Waals surface area contributed by atoms with E-state index in [0.29, 0.717) is 11.4 Å². The quantitative estimate of drug-likeness (QED) is 0.781. The smallest absolute Gasteiger partial charge is 0.287 e. The number of hydrogen-bond donors (Lipinski definition) is 1. The number of benzene rings is 1. The van der Waals surface area contributed by atoms with Crippen molar-refractivity contribution >= 4 is 32.6 Å². The highest BCUT2D eigenvalue weighted by Gasteiger charge is 2.26. The van der Waals surface area contributed by atoms with Gasteiger partial charge in [0.1, 0.15) is 10.6 Å². The highest BCUT2D eigenvalue weighted by molar-refractivity contribution is 7.90. The van der Waals surface area contributed by atoms with E-state index in [9.17, 15) is 8.42 Å². The van der Waals surface area contributed by atoms with Gasteiger partial charge < -0.3 is 10.1 Å². The van der Waals surface area contributed by atoms with E-state index in [1.165, 1.54) is 13.2 Å². The van der Waals surface area contributed by atoms with E-state index in [1.807, 2.05) is 0 Å². The Bertz CT molecular complexity index is 581. The molecular formula is C9H9ClN2O3S. The standard InChI is InChI=1S/C9H9ClN2O3S/c1-5-3-6(15-2)4-7-8(5)11-9(10)12-16(7,13)14/h3-4H,1-2H3,(H,11,12). The number of nitrogens with one attached hydrogen (secondary N) is 1. The maximum absolute atomic E-state index is 11.7. The molecule has 86 valence electrons. The van der Waals surface area contributed by atoms with Gasteiger partial charge in [-0.3, -0.25) is 0 Å². The van der Waals surface area contributed by atoms with Crippen LogP contribution in [0.5, 0.6) is 5.75 Å². The molecule has 1 heterocycles. The second kappa shape index (κ2) is 3.64. The first-order chi connectivity index (χ1) is 7.44. The van der Waals surface area contributed by atoms with Gasteiger partial charge >= 0.3 is 0 Å². The van der Waals surface area contributed by atoms with Crippen LogP contribution in [0.2, 0.25) is 0 Å². The summed E-state index contributed by atoms with van der Waals surface area (Å²) in [6.07, 6.45) is 0. The van der Waals surface area contributed by atoms with Crippen LogP contribution in [0.3, 0.4) is 0 Å². The summed E-state index contributed by atoms with van der Waals surface area (Å²) in [4.78, 5) is 0.0775. The van der Waals surface area contributed by atoms with Crippen LogP contribution >= 0.6 is 11.6 Å². The summed E-state index contributed by atoms with van der Waals surface area (Å²) in [5.41, 5.74) is 1.17. The molecule has 0 aromatic heterocycles. The number of amidine groups is 1. The number of halogens is 1. The monoisotopic (exact) mass is 260 g/mol. The molecule has 1 aliphatic rings. The second-order valence-electron chi connectivity index (χ2n) is 3.30. The minimum Gasteiger partial charge on any atom is -0.497 e. The van der Waals surface area contributed by atoms with Crippen LogP contribution in [0.4, 0.5) is 5.69 Å². The van der Waals surface area contributed by atoms with E-state index < -0.39 is 10.0 Å². The zero-order valence-electron chi connectivity index (χ0n) is 8.61. The predicted octanol–water partition coefficient (Wildman–Crippen LogP) is 1.71. The number of rotatable bonds is 1. The first kappa shape index (κ1) is 11.2. The number of anilines is 1. The summed E-state index contributed by atoms with van der Waals surface area (Å²) >= 11 is 5.60. The van der Waals surface area contributed by atoms with Crippen molar-refractivity contribution < 1.29 is 13.2 Å². The molecule has 0 saturated carbocycles. The van der Waals surface area contributed by atoms with Gasteiger partial charge in [-0.25, -0.2) is 0 Å². The van der Waals surface area contributed by atoms with Crippen molar-refractivity contribution in [1.29, 1.82) is 0 Å². The Labute approximate surface area is 98.1 Å². The van der Waals surface area contributed by atoms with E-state index >= 15 is 0 Å². The fourth-order valence-electron chi connectivity index (χ4n) is 1.49. The molecule has 0 amide bonds. The van der Waals surface area contributed by atoms with Crippen LogP contribution in [0, 0.1) is 6.92 Å². The average molecular weight is 261 g/mol. The third-order valence-electron chi connectivity index (χ3n) is 2.21. The van der Waals surface area contributed by atoms with Crippen molar-refractivity contribution in [3.05, 3.63) is 17.7 Å². The van der Waals surface area contributed by atoms with Gasteiger partial charge in [0.2, 0.25) is 5.29 Å². The fraction of sp³-hybridized carbons (Fsp3) is 0.222. The number of methoxy groups -OCH3 is 1. The lowest BCUT2D eigenvalue weighted by molar-refractivity contribution is 0.413. The lowest BCUT2D eigenvalue weighted by atomic mass is 10.2. The van der Waals surface area contributed by atoms with E-state index in [0.717, 1.165) is 5.56 Å². The Morgan fingerprint density at radius 1 is 1.44 bits per heavy atom. The second-order valence-corrected chi connectivity index (χ2v) is 5.23. The van der Waals surface area contributed by atoms with Gasteiger partial charge in [0, 0.05) is 6.07 Å². The van der Waals surface area contributed by atoms with Gasteiger partial charge in [0.05, 0.1) is 12.8 Å². The predicted molar refractivity (Wildman–Crippen MR) is 61.8 cm³/mol. The van der Waals surface area contributed by atoms with Gasteiger partial charge in [-0.2, -0.15) is 8.42 Å². The summed E-state index contributed by atoms with van der Waals surface area (Å²) in [6.45, 7) is 1.76. The normalized spacial score (nSPS) is 17.1. The highest BCUT2D eigenvalue weighted by Crippen LogP contribution is 2.34. The number of nitrogens with zero attached hydrogens (tertiary/aromatic N) is 1. The first-order valence-corrected chi connectivity index (χ1v) is 6.22. The largest absolute Gasteiger partial charge is 0.497 e. The third-order valence-corrected chi connectivity index (χ3v) is 3.79. The zero-order valence-corrected chi connectivity index (χ0v) is 10.2. The molecule has 0 atom stereocenters. The Hall–Kier alpha value is -1.27. The van der Waals surface area contributed by atoms with Crippen LogP contribution in [-0.4, -0.2) is 20.8 Å². The van der Waals surface area contributed by atoms with Gasteiger partial charge in [-0.05, 0) is 30.2 Å². The maximum Gasteiger partial charge on any atom is 0.287 e. The van der Waals surface area contributed by atoms with E-state index in [4.69, 9.17) is 16.3 Å². The van der Waals surface area contributed by atoms with Crippen LogP contribution in [-0.2, 0) is 10.0 Å². The molecule has 0 bridgehead atoms. The van der Waals surface area contributed by atoms with Crippen LogP contribution in [0.15, 0.2) is 21.4 Å². The van der Waals surface area contributed by atoms with Crippen molar-refractivity contribution in [1.82, 2.24) is 0 Å². The van der Waals surface area contributed by atoms with Crippen LogP contribution in [0.25, 0.3) is 0 Å². The Balaban J connectivity index is 2.74. The molecule has 1 N–H and O–H groups in total. The van der Waals surface area contributed by atoms with Crippen molar-refractivity contribution in [3.8, 4) is 5.75 Å². The van der Waals surface area contributed by atoms with E-state index in [1.54, 1.807) is 13.0 Å². The molecular weight excluding hydrogens is 252 g/mol. The molecule has 0 fully saturated rings. The minimum absolute atomic E-state index is 0.0775. The summed E-state index contributed by atoms with van der Waals surface area (Å²) in [5.74, 6) is 0.467. The molecule has 2 rings (SSSR count). The van der Waals surface area contributed by atoms with Crippen molar-refractivity contribution in [2.75, 3.05) is 12.4 Å². The maximum atomic E-state index is 11.7. The molecule has 16 heavy (non-hydrogen) atoms. The number of fused-ring (bicyclic) bond motifs is 1. The molecule has 0 radical (unpaired) electrons. The Kier molecular flexibility index (Phi) is 2.55. The van der Waals surface area contributed by atoms with Crippen molar-refractivity contribution in [2.45, 2.75) is 11.8 Å². The summed E-state index contributed by atoms with van der Waals surface area (Å²) in [6, 6.07) is 3.13. The van der Waals surface area contributed by atoms with E-state index in [-0.39, 0.29) is 10.2 Å². The molecule has 1 aromatic rings. The first-order valence-electron chi connectivity index (χ1n) is 4.40.